The highest BCUT2D eigenvalue weighted by Crippen LogP contribution is 2.24. The highest BCUT2D eigenvalue weighted by atomic mass is 32.1. The van der Waals surface area contributed by atoms with Crippen molar-refractivity contribution in [1.82, 2.24) is 15.6 Å². The molecule has 0 bridgehead atoms. The number of carbonyl (C=O) groups excluding carboxylic acids is 1. The molecule has 1 heterocycles. The second-order valence-corrected chi connectivity index (χ2v) is 7.89. The van der Waals surface area contributed by atoms with Crippen molar-refractivity contribution in [3.63, 3.8) is 0 Å². The van der Waals surface area contributed by atoms with Crippen LogP contribution in [0.3, 0.4) is 0 Å². The Morgan fingerprint density at radius 2 is 2.00 bits per heavy atom. The monoisotopic (exact) mass is 432 g/mol. The fraction of sp³-hybridized carbons (Fsp3) is 0.500. The summed E-state index contributed by atoms with van der Waals surface area (Å²) in [7, 11) is 3.42. The highest BCUT2D eigenvalue weighted by molar-refractivity contribution is 7.13. The van der Waals surface area contributed by atoms with Gasteiger partial charge in [0.2, 0.25) is 0 Å². The second-order valence-electron chi connectivity index (χ2n) is 6.86. The first-order valence-corrected chi connectivity index (χ1v) is 11.0. The lowest BCUT2D eigenvalue weighted by Gasteiger charge is -2.16. The average molecular weight is 433 g/mol. The molecular weight excluding hydrogens is 400 g/mol. The van der Waals surface area contributed by atoms with Gasteiger partial charge in [-0.2, -0.15) is 0 Å². The number of unbranched alkanes of at least 4 members (excludes halogenated alkanes) is 1. The third-order valence-electron chi connectivity index (χ3n) is 4.56. The van der Waals surface area contributed by atoms with Crippen molar-refractivity contribution in [2.75, 3.05) is 27.3 Å². The number of methoxy groups -OCH3 is 1. The molecule has 164 valence electrons. The van der Waals surface area contributed by atoms with Crippen molar-refractivity contribution in [3.8, 4) is 5.75 Å². The van der Waals surface area contributed by atoms with Crippen LogP contribution in [-0.4, -0.2) is 44.2 Å². The Labute approximate surface area is 182 Å². The first-order chi connectivity index (χ1) is 14.5. The Morgan fingerprint density at radius 3 is 2.63 bits per heavy atom. The predicted octanol–water partition coefficient (Wildman–Crippen LogP) is 3.89. The molecule has 2 N–H and O–H groups in total. The smallest absolute Gasteiger partial charge is 0.350 e. The van der Waals surface area contributed by atoms with Gasteiger partial charge in [-0.25, -0.2) is 9.78 Å². The number of nitrogens with one attached hydrogen (secondary N) is 2. The van der Waals surface area contributed by atoms with Gasteiger partial charge in [-0.15, -0.1) is 11.3 Å². The number of benzene rings is 1. The van der Waals surface area contributed by atoms with Gasteiger partial charge >= 0.3 is 5.97 Å². The molecule has 0 aliphatic carbocycles. The number of hydrogen-bond donors (Lipinski definition) is 2. The third kappa shape index (κ3) is 7.02. The van der Waals surface area contributed by atoms with Crippen LogP contribution in [0.5, 0.6) is 5.75 Å². The van der Waals surface area contributed by atoms with E-state index in [0.29, 0.717) is 17.2 Å². The van der Waals surface area contributed by atoms with Gasteiger partial charge in [-0.1, -0.05) is 12.1 Å². The summed E-state index contributed by atoms with van der Waals surface area (Å²) in [5.74, 6) is 1.29. The van der Waals surface area contributed by atoms with E-state index in [1.165, 1.54) is 16.9 Å². The summed E-state index contributed by atoms with van der Waals surface area (Å²) < 4.78 is 10.3. The van der Waals surface area contributed by atoms with E-state index in [9.17, 15) is 4.79 Å². The van der Waals surface area contributed by atoms with Crippen molar-refractivity contribution in [2.45, 2.75) is 46.1 Å². The molecule has 0 fully saturated rings. The number of hydrogen-bond acceptors (Lipinski definition) is 6. The van der Waals surface area contributed by atoms with Gasteiger partial charge in [0.15, 0.2) is 5.96 Å². The zero-order valence-corrected chi connectivity index (χ0v) is 19.3. The van der Waals surface area contributed by atoms with E-state index in [1.807, 2.05) is 26.0 Å². The quantitative estimate of drug-likeness (QED) is 0.256. The molecule has 2 aromatic rings. The minimum atomic E-state index is -0.315. The molecule has 1 aromatic carbocycles. The largest absolute Gasteiger partial charge is 0.497 e. The zero-order chi connectivity index (χ0) is 21.9. The summed E-state index contributed by atoms with van der Waals surface area (Å²) in [6.45, 7) is 6.81. The normalized spacial score (nSPS) is 12.4. The molecule has 7 nitrogen and oxygen atoms in total. The second kappa shape index (κ2) is 12.2. The summed E-state index contributed by atoms with van der Waals surface area (Å²) in [6.07, 6.45) is 3.15. The fourth-order valence-electron chi connectivity index (χ4n) is 2.90. The Kier molecular flexibility index (Phi) is 9.60. The number of guanidine groups is 1. The van der Waals surface area contributed by atoms with Gasteiger partial charge in [0.05, 0.1) is 25.5 Å². The predicted molar refractivity (Wildman–Crippen MR) is 122 cm³/mol. The number of esters is 1. The first-order valence-electron chi connectivity index (χ1n) is 10.2. The van der Waals surface area contributed by atoms with Crippen LogP contribution in [0.15, 0.2) is 29.3 Å². The van der Waals surface area contributed by atoms with Gasteiger partial charge in [-0.05, 0) is 57.7 Å². The summed E-state index contributed by atoms with van der Waals surface area (Å²) >= 11 is 1.36. The maximum atomic E-state index is 12.0. The number of aromatic nitrogens is 1. The van der Waals surface area contributed by atoms with Crippen LogP contribution >= 0.6 is 11.3 Å². The van der Waals surface area contributed by atoms with Crippen LogP contribution < -0.4 is 15.4 Å². The van der Waals surface area contributed by atoms with Gasteiger partial charge in [-0.3, -0.25) is 4.99 Å². The SMILES string of the molecule is CCOC(=O)c1sc(C(C)NC(=NC)NCCCCc2ccc(OC)cc2)nc1C. The molecule has 0 amide bonds. The molecule has 2 rings (SSSR count). The van der Waals surface area contributed by atoms with Crippen molar-refractivity contribution < 1.29 is 14.3 Å². The lowest BCUT2D eigenvalue weighted by molar-refractivity contribution is 0.0531. The van der Waals surface area contributed by atoms with E-state index >= 15 is 0 Å². The minimum Gasteiger partial charge on any atom is -0.497 e. The maximum Gasteiger partial charge on any atom is 0.350 e. The number of nitrogens with zero attached hydrogens (tertiary/aromatic N) is 2. The lowest BCUT2D eigenvalue weighted by Crippen LogP contribution is -2.39. The van der Waals surface area contributed by atoms with E-state index in [0.717, 1.165) is 42.5 Å². The van der Waals surface area contributed by atoms with Gasteiger partial charge in [0.1, 0.15) is 15.6 Å². The highest BCUT2D eigenvalue weighted by Gasteiger charge is 2.20. The van der Waals surface area contributed by atoms with Crippen molar-refractivity contribution in [2.24, 2.45) is 4.99 Å². The molecule has 30 heavy (non-hydrogen) atoms. The zero-order valence-electron chi connectivity index (χ0n) is 18.4. The molecule has 0 spiro atoms. The number of aliphatic imine (C=N–C) groups is 1. The number of rotatable bonds is 10. The topological polar surface area (TPSA) is 84.8 Å². The first kappa shape index (κ1) is 23.7. The van der Waals surface area contributed by atoms with Crippen LogP contribution in [0, 0.1) is 6.92 Å². The standard InChI is InChI=1S/C22H32N4O3S/c1-6-29-21(27)19-15(2)25-20(30-19)16(3)26-22(23-4)24-14-8-7-9-17-10-12-18(28-5)13-11-17/h10-13,16H,6-9,14H2,1-5H3,(H2,23,24,26). The molecule has 1 atom stereocenters. The van der Waals surface area contributed by atoms with E-state index in [4.69, 9.17) is 9.47 Å². The van der Waals surface area contributed by atoms with E-state index in [1.54, 1.807) is 21.1 Å². The van der Waals surface area contributed by atoms with Crippen LogP contribution in [0.2, 0.25) is 0 Å². The van der Waals surface area contributed by atoms with Gasteiger partial charge < -0.3 is 20.1 Å². The third-order valence-corrected chi connectivity index (χ3v) is 5.89. The van der Waals surface area contributed by atoms with Crippen LogP contribution in [-0.2, 0) is 11.2 Å². The number of thiazole rings is 1. The van der Waals surface area contributed by atoms with Crippen LogP contribution in [0.1, 0.15) is 58.7 Å². The lowest BCUT2D eigenvalue weighted by atomic mass is 10.1. The Balaban J connectivity index is 1.77. The molecule has 1 aromatic heterocycles. The summed E-state index contributed by atoms with van der Waals surface area (Å²) in [5, 5.41) is 7.51. The van der Waals surface area contributed by atoms with E-state index < -0.39 is 0 Å². The summed E-state index contributed by atoms with van der Waals surface area (Å²) in [4.78, 5) is 21.4. The Morgan fingerprint density at radius 1 is 1.27 bits per heavy atom. The molecule has 1 unspecified atom stereocenters. The molecule has 0 aliphatic heterocycles. The molecule has 0 radical (unpaired) electrons. The van der Waals surface area contributed by atoms with Gasteiger partial charge in [0, 0.05) is 13.6 Å². The number of ether oxygens (including phenoxy) is 2. The van der Waals surface area contributed by atoms with E-state index in [2.05, 4.69) is 32.7 Å². The molecular formula is C22H32N4O3S. The van der Waals surface area contributed by atoms with Gasteiger partial charge in [0.25, 0.3) is 0 Å². The molecule has 8 heteroatoms. The van der Waals surface area contributed by atoms with Crippen molar-refractivity contribution in [3.05, 3.63) is 45.4 Å². The average Bonchev–Trinajstić information content (AvgIpc) is 3.15. The molecule has 0 aliphatic rings. The van der Waals surface area contributed by atoms with Crippen LogP contribution in [0.25, 0.3) is 0 Å². The molecule has 0 saturated carbocycles. The summed E-state index contributed by atoms with van der Waals surface area (Å²) in [6, 6.07) is 8.13. The fourth-order valence-corrected chi connectivity index (χ4v) is 3.87. The van der Waals surface area contributed by atoms with Crippen molar-refractivity contribution >= 4 is 23.3 Å². The van der Waals surface area contributed by atoms with Crippen molar-refractivity contribution in [1.29, 1.82) is 0 Å². The van der Waals surface area contributed by atoms with E-state index in [-0.39, 0.29) is 12.0 Å². The Hall–Kier alpha value is -2.61. The van der Waals surface area contributed by atoms with Crippen LogP contribution in [0.4, 0.5) is 0 Å². The Bertz CT molecular complexity index is 833. The number of aryl methyl sites for hydroxylation is 2. The summed E-state index contributed by atoms with van der Waals surface area (Å²) in [5.41, 5.74) is 2.01. The number of carbonyl (C=O) groups is 1. The molecule has 0 saturated heterocycles. The maximum absolute atomic E-state index is 12.0. The minimum absolute atomic E-state index is 0.0672.